The van der Waals surface area contributed by atoms with E-state index in [-0.39, 0.29) is 17.5 Å². The molecule has 1 atom stereocenters. The molecule has 100 valence electrons. The van der Waals surface area contributed by atoms with Gasteiger partial charge in [0.1, 0.15) is 0 Å². The standard InChI is InChI=1S/C13H21N3O2/c1-9(2)11(8-16(3)4)15-13(18)10-5-6-14-12(17)7-10/h5-7,9,11H,8H2,1-4H3,(H,14,17)(H,15,18). The SMILES string of the molecule is CC(C)C(CN(C)C)NC(=O)c1cc[nH]c(=O)c1. The number of hydrogen-bond donors (Lipinski definition) is 2. The van der Waals surface area contributed by atoms with Gasteiger partial charge in [0.15, 0.2) is 0 Å². The van der Waals surface area contributed by atoms with Gasteiger partial charge in [-0.1, -0.05) is 13.8 Å². The molecule has 5 nitrogen and oxygen atoms in total. The van der Waals surface area contributed by atoms with E-state index < -0.39 is 0 Å². The molecule has 18 heavy (non-hydrogen) atoms. The average molecular weight is 251 g/mol. The molecule has 0 fully saturated rings. The maximum absolute atomic E-state index is 12.0. The molecule has 0 spiro atoms. The molecule has 0 aromatic carbocycles. The average Bonchev–Trinajstić information content (AvgIpc) is 2.27. The molecule has 0 bridgehead atoms. The van der Waals surface area contributed by atoms with Gasteiger partial charge in [0.25, 0.3) is 5.91 Å². The van der Waals surface area contributed by atoms with Crippen LogP contribution in [0.25, 0.3) is 0 Å². The lowest BCUT2D eigenvalue weighted by atomic mass is 10.0. The molecule has 1 rings (SSSR count). The highest BCUT2D eigenvalue weighted by atomic mass is 16.2. The van der Waals surface area contributed by atoms with E-state index in [4.69, 9.17) is 0 Å². The van der Waals surface area contributed by atoms with Gasteiger partial charge >= 0.3 is 0 Å². The van der Waals surface area contributed by atoms with Crippen molar-refractivity contribution < 1.29 is 4.79 Å². The Balaban J connectivity index is 2.75. The Morgan fingerprint density at radius 2 is 2.11 bits per heavy atom. The summed E-state index contributed by atoms with van der Waals surface area (Å²) in [4.78, 5) is 27.7. The predicted octanol–water partition coefficient (Wildman–Crippen LogP) is 0.691. The van der Waals surface area contributed by atoms with Gasteiger partial charge < -0.3 is 15.2 Å². The van der Waals surface area contributed by atoms with Crippen LogP contribution in [-0.4, -0.2) is 42.5 Å². The maximum Gasteiger partial charge on any atom is 0.251 e. The number of aromatic nitrogens is 1. The predicted molar refractivity (Wildman–Crippen MR) is 71.7 cm³/mol. The van der Waals surface area contributed by atoms with Gasteiger partial charge in [-0.05, 0) is 26.1 Å². The second-order valence-electron chi connectivity index (χ2n) is 5.03. The summed E-state index contributed by atoms with van der Waals surface area (Å²) in [5, 5.41) is 2.96. The van der Waals surface area contributed by atoms with Gasteiger partial charge in [0, 0.05) is 30.4 Å². The van der Waals surface area contributed by atoms with Crippen LogP contribution in [0.15, 0.2) is 23.1 Å². The molecule has 0 radical (unpaired) electrons. The Kier molecular flexibility index (Phi) is 5.09. The molecular formula is C13H21N3O2. The van der Waals surface area contributed by atoms with Crippen LogP contribution < -0.4 is 10.9 Å². The van der Waals surface area contributed by atoms with E-state index in [2.05, 4.69) is 24.1 Å². The highest BCUT2D eigenvalue weighted by molar-refractivity contribution is 5.94. The monoisotopic (exact) mass is 251 g/mol. The van der Waals surface area contributed by atoms with Crippen LogP contribution in [0, 0.1) is 5.92 Å². The quantitative estimate of drug-likeness (QED) is 0.809. The molecule has 0 aliphatic rings. The third-order valence-electron chi connectivity index (χ3n) is 2.72. The molecule has 0 saturated carbocycles. The number of hydrogen-bond acceptors (Lipinski definition) is 3. The Morgan fingerprint density at radius 3 is 2.61 bits per heavy atom. The Morgan fingerprint density at radius 1 is 1.44 bits per heavy atom. The zero-order valence-electron chi connectivity index (χ0n) is 11.4. The van der Waals surface area contributed by atoms with E-state index in [1.807, 2.05) is 19.0 Å². The van der Waals surface area contributed by atoms with E-state index in [0.717, 1.165) is 6.54 Å². The van der Waals surface area contributed by atoms with Crippen molar-refractivity contribution in [2.75, 3.05) is 20.6 Å². The first-order chi connectivity index (χ1) is 8.40. The van der Waals surface area contributed by atoms with E-state index in [1.54, 1.807) is 6.07 Å². The number of amides is 1. The fourth-order valence-electron chi connectivity index (χ4n) is 1.65. The smallest absolute Gasteiger partial charge is 0.251 e. The van der Waals surface area contributed by atoms with Crippen molar-refractivity contribution in [3.05, 3.63) is 34.2 Å². The highest BCUT2D eigenvalue weighted by Crippen LogP contribution is 2.04. The minimum absolute atomic E-state index is 0.0618. The van der Waals surface area contributed by atoms with Crippen molar-refractivity contribution in [2.24, 2.45) is 5.92 Å². The zero-order chi connectivity index (χ0) is 13.7. The Hall–Kier alpha value is -1.62. The first kappa shape index (κ1) is 14.4. The van der Waals surface area contributed by atoms with Crippen molar-refractivity contribution in [1.29, 1.82) is 0 Å². The van der Waals surface area contributed by atoms with Gasteiger partial charge in [-0.2, -0.15) is 0 Å². The molecule has 1 amide bonds. The summed E-state index contributed by atoms with van der Waals surface area (Å²) in [6, 6.07) is 2.97. The topological polar surface area (TPSA) is 65.2 Å². The van der Waals surface area contributed by atoms with Crippen LogP contribution in [0.5, 0.6) is 0 Å². The summed E-state index contributed by atoms with van der Waals surface area (Å²) in [7, 11) is 3.93. The summed E-state index contributed by atoms with van der Waals surface area (Å²) in [5.41, 5.74) is 0.125. The summed E-state index contributed by atoms with van der Waals surface area (Å²) in [6.45, 7) is 4.89. The minimum Gasteiger partial charge on any atom is -0.348 e. The number of likely N-dealkylation sites (N-methyl/N-ethyl adjacent to an activating group) is 1. The maximum atomic E-state index is 12.0. The van der Waals surface area contributed by atoms with E-state index in [0.29, 0.717) is 11.5 Å². The van der Waals surface area contributed by atoms with E-state index >= 15 is 0 Å². The van der Waals surface area contributed by atoms with Crippen molar-refractivity contribution in [1.82, 2.24) is 15.2 Å². The lowest BCUT2D eigenvalue weighted by Gasteiger charge is -2.25. The summed E-state index contributed by atoms with van der Waals surface area (Å²) >= 11 is 0. The van der Waals surface area contributed by atoms with Gasteiger partial charge in [-0.25, -0.2) is 0 Å². The number of carbonyl (C=O) groups is 1. The fourth-order valence-corrected chi connectivity index (χ4v) is 1.65. The first-order valence-corrected chi connectivity index (χ1v) is 6.04. The number of H-pyrrole nitrogens is 1. The van der Waals surface area contributed by atoms with E-state index in [9.17, 15) is 9.59 Å². The van der Waals surface area contributed by atoms with Crippen LogP contribution in [0.2, 0.25) is 0 Å². The van der Waals surface area contributed by atoms with E-state index in [1.165, 1.54) is 12.3 Å². The number of aromatic amines is 1. The van der Waals surface area contributed by atoms with Crippen molar-refractivity contribution >= 4 is 5.91 Å². The molecule has 1 aromatic heterocycles. The van der Waals surface area contributed by atoms with Crippen LogP contribution in [0.1, 0.15) is 24.2 Å². The lowest BCUT2D eigenvalue weighted by molar-refractivity contribution is 0.0916. The van der Waals surface area contributed by atoms with Crippen LogP contribution >= 0.6 is 0 Å². The highest BCUT2D eigenvalue weighted by Gasteiger charge is 2.17. The molecule has 1 aromatic rings. The zero-order valence-corrected chi connectivity index (χ0v) is 11.4. The molecule has 0 aliphatic heterocycles. The normalized spacial score (nSPS) is 12.8. The van der Waals surface area contributed by atoms with Crippen molar-refractivity contribution in [3.63, 3.8) is 0 Å². The Labute approximate surface area is 107 Å². The number of nitrogens with one attached hydrogen (secondary N) is 2. The number of nitrogens with zero attached hydrogens (tertiary/aromatic N) is 1. The summed E-state index contributed by atoms with van der Waals surface area (Å²) in [5.74, 6) is 0.125. The molecule has 5 heteroatoms. The number of pyridine rings is 1. The molecule has 0 aliphatic carbocycles. The minimum atomic E-state index is -0.267. The molecule has 1 heterocycles. The summed E-state index contributed by atoms with van der Waals surface area (Å²) < 4.78 is 0. The van der Waals surface area contributed by atoms with Crippen LogP contribution in [0.3, 0.4) is 0 Å². The van der Waals surface area contributed by atoms with Gasteiger partial charge in [-0.15, -0.1) is 0 Å². The number of rotatable bonds is 5. The van der Waals surface area contributed by atoms with Crippen LogP contribution in [-0.2, 0) is 0 Å². The Bertz CT molecular complexity index is 452. The van der Waals surface area contributed by atoms with Gasteiger partial charge in [0.05, 0.1) is 0 Å². The molecule has 1 unspecified atom stereocenters. The third kappa shape index (κ3) is 4.33. The number of carbonyl (C=O) groups excluding carboxylic acids is 1. The fraction of sp³-hybridized carbons (Fsp3) is 0.538. The van der Waals surface area contributed by atoms with Gasteiger partial charge in [-0.3, -0.25) is 9.59 Å². The van der Waals surface area contributed by atoms with Crippen LogP contribution in [0.4, 0.5) is 0 Å². The second kappa shape index (κ2) is 6.35. The van der Waals surface area contributed by atoms with Gasteiger partial charge in [0.2, 0.25) is 5.56 Å². The second-order valence-corrected chi connectivity index (χ2v) is 5.03. The van der Waals surface area contributed by atoms with Crippen molar-refractivity contribution in [2.45, 2.75) is 19.9 Å². The third-order valence-corrected chi connectivity index (χ3v) is 2.72. The lowest BCUT2D eigenvalue weighted by Crippen LogP contribution is -2.45. The van der Waals surface area contributed by atoms with Crippen molar-refractivity contribution in [3.8, 4) is 0 Å². The largest absolute Gasteiger partial charge is 0.348 e. The molecular weight excluding hydrogens is 230 g/mol. The summed E-state index contributed by atoms with van der Waals surface area (Å²) in [6.07, 6.45) is 1.48. The molecule has 2 N–H and O–H groups in total. The first-order valence-electron chi connectivity index (χ1n) is 6.04. The molecule has 0 saturated heterocycles.